The maximum absolute atomic E-state index is 5.47. The van der Waals surface area contributed by atoms with Crippen molar-refractivity contribution in [2.24, 2.45) is 5.73 Å². The molecule has 1 rings (SSSR count). The second-order valence-electron chi connectivity index (χ2n) is 5.06. The van der Waals surface area contributed by atoms with E-state index < -0.39 is 0 Å². The summed E-state index contributed by atoms with van der Waals surface area (Å²) in [6.45, 7) is 11.7. The Morgan fingerprint density at radius 1 is 1.12 bits per heavy atom. The highest BCUT2D eigenvalue weighted by molar-refractivity contribution is 5.51. The van der Waals surface area contributed by atoms with Gasteiger partial charge in [0.2, 0.25) is 0 Å². The van der Waals surface area contributed by atoms with Gasteiger partial charge in [0.05, 0.1) is 17.1 Å². The summed E-state index contributed by atoms with van der Waals surface area (Å²) in [5, 5.41) is 3.26. The normalized spacial score (nSPS) is 11.6. The molecule has 0 aromatic carbocycles. The molecule has 0 aliphatic rings. The Labute approximate surface area is 97.7 Å². The third kappa shape index (κ3) is 2.92. The van der Waals surface area contributed by atoms with Crippen molar-refractivity contribution in [2.45, 2.75) is 40.0 Å². The van der Waals surface area contributed by atoms with Gasteiger partial charge in [-0.1, -0.05) is 20.8 Å². The Morgan fingerprint density at radius 2 is 1.62 bits per heavy atom. The van der Waals surface area contributed by atoms with Crippen molar-refractivity contribution in [1.82, 2.24) is 9.97 Å². The van der Waals surface area contributed by atoms with E-state index in [1.54, 1.807) is 0 Å². The molecule has 0 radical (unpaired) electrons. The Kier molecular flexibility index (Phi) is 3.86. The number of nitrogens with zero attached hydrogens (tertiary/aromatic N) is 2. The average molecular weight is 222 g/mol. The summed E-state index contributed by atoms with van der Waals surface area (Å²) in [4.78, 5) is 9.09. The van der Waals surface area contributed by atoms with E-state index >= 15 is 0 Å². The monoisotopic (exact) mass is 222 g/mol. The van der Waals surface area contributed by atoms with Crippen LogP contribution in [0, 0.1) is 13.8 Å². The van der Waals surface area contributed by atoms with Gasteiger partial charge in [0, 0.05) is 18.5 Å². The average Bonchev–Trinajstić information content (AvgIpc) is 2.15. The quantitative estimate of drug-likeness (QED) is 0.818. The van der Waals surface area contributed by atoms with Crippen LogP contribution in [0.4, 0.5) is 5.69 Å². The first-order valence-electron chi connectivity index (χ1n) is 5.66. The van der Waals surface area contributed by atoms with Crippen molar-refractivity contribution in [3.05, 3.63) is 17.2 Å². The maximum Gasteiger partial charge on any atom is 0.134 e. The molecule has 0 unspecified atom stereocenters. The molecule has 0 atom stereocenters. The molecule has 0 saturated heterocycles. The zero-order valence-corrected chi connectivity index (χ0v) is 10.9. The van der Waals surface area contributed by atoms with Crippen LogP contribution in [0.5, 0.6) is 0 Å². The molecule has 4 heteroatoms. The van der Waals surface area contributed by atoms with Crippen LogP contribution < -0.4 is 11.1 Å². The van der Waals surface area contributed by atoms with Crippen LogP contribution in [0.15, 0.2) is 0 Å². The number of anilines is 1. The van der Waals surface area contributed by atoms with Gasteiger partial charge in [-0.25, -0.2) is 9.97 Å². The van der Waals surface area contributed by atoms with Gasteiger partial charge < -0.3 is 11.1 Å². The zero-order valence-electron chi connectivity index (χ0n) is 10.9. The maximum atomic E-state index is 5.47. The highest BCUT2D eigenvalue weighted by Crippen LogP contribution is 2.23. The number of nitrogens with two attached hydrogens (primary N) is 1. The summed E-state index contributed by atoms with van der Waals surface area (Å²) < 4.78 is 0. The molecular formula is C12H22N4. The second-order valence-corrected chi connectivity index (χ2v) is 5.06. The first-order valence-corrected chi connectivity index (χ1v) is 5.66. The molecule has 16 heavy (non-hydrogen) atoms. The molecule has 1 heterocycles. The van der Waals surface area contributed by atoms with E-state index in [1.807, 2.05) is 13.8 Å². The number of aryl methyl sites for hydroxylation is 2. The first kappa shape index (κ1) is 12.9. The molecule has 90 valence electrons. The minimum atomic E-state index is -0.0120. The van der Waals surface area contributed by atoms with Crippen LogP contribution in [0.25, 0.3) is 0 Å². The Morgan fingerprint density at radius 3 is 2.00 bits per heavy atom. The first-order chi connectivity index (χ1) is 7.36. The van der Waals surface area contributed by atoms with Crippen molar-refractivity contribution in [3.63, 3.8) is 0 Å². The number of hydrogen-bond donors (Lipinski definition) is 2. The van der Waals surface area contributed by atoms with E-state index in [-0.39, 0.29) is 5.41 Å². The van der Waals surface area contributed by atoms with Crippen molar-refractivity contribution in [3.8, 4) is 0 Å². The molecule has 0 amide bonds. The fraction of sp³-hybridized carbons (Fsp3) is 0.667. The number of rotatable bonds is 3. The third-order valence-corrected chi connectivity index (χ3v) is 2.39. The fourth-order valence-electron chi connectivity index (χ4n) is 1.50. The highest BCUT2D eigenvalue weighted by atomic mass is 15.0. The van der Waals surface area contributed by atoms with Crippen molar-refractivity contribution < 1.29 is 0 Å². The molecule has 0 spiro atoms. The van der Waals surface area contributed by atoms with E-state index in [2.05, 4.69) is 36.1 Å². The molecule has 0 aliphatic carbocycles. The van der Waals surface area contributed by atoms with Gasteiger partial charge in [0.15, 0.2) is 0 Å². The molecule has 1 aromatic rings. The number of nitrogens with one attached hydrogen (secondary N) is 1. The smallest absolute Gasteiger partial charge is 0.134 e. The van der Waals surface area contributed by atoms with Crippen LogP contribution in [0.1, 0.15) is 38.0 Å². The molecule has 1 aromatic heterocycles. The largest absolute Gasteiger partial charge is 0.381 e. The van der Waals surface area contributed by atoms with E-state index in [0.29, 0.717) is 6.54 Å². The lowest BCUT2D eigenvalue weighted by Gasteiger charge is -2.20. The van der Waals surface area contributed by atoms with E-state index in [9.17, 15) is 0 Å². The Bertz CT molecular complexity index is 343. The summed E-state index contributed by atoms with van der Waals surface area (Å²) in [5.41, 5.74) is 8.46. The highest BCUT2D eigenvalue weighted by Gasteiger charge is 2.19. The minimum absolute atomic E-state index is 0.0120. The van der Waals surface area contributed by atoms with Gasteiger partial charge >= 0.3 is 0 Å². The van der Waals surface area contributed by atoms with Gasteiger partial charge in [-0.15, -0.1) is 0 Å². The van der Waals surface area contributed by atoms with Crippen LogP contribution in [-0.2, 0) is 5.41 Å². The molecule has 3 N–H and O–H groups in total. The van der Waals surface area contributed by atoms with Crippen molar-refractivity contribution >= 4 is 5.69 Å². The summed E-state index contributed by atoms with van der Waals surface area (Å²) in [6, 6.07) is 0. The molecular weight excluding hydrogens is 200 g/mol. The second kappa shape index (κ2) is 4.78. The fourth-order valence-corrected chi connectivity index (χ4v) is 1.50. The van der Waals surface area contributed by atoms with Crippen LogP contribution in [-0.4, -0.2) is 23.1 Å². The van der Waals surface area contributed by atoms with E-state index in [0.717, 1.165) is 29.4 Å². The Hall–Kier alpha value is -1.16. The lowest BCUT2D eigenvalue weighted by Crippen LogP contribution is -2.20. The van der Waals surface area contributed by atoms with Crippen LogP contribution in [0.2, 0.25) is 0 Å². The summed E-state index contributed by atoms with van der Waals surface area (Å²) in [7, 11) is 0. The van der Waals surface area contributed by atoms with Crippen LogP contribution in [0.3, 0.4) is 0 Å². The van der Waals surface area contributed by atoms with Gasteiger partial charge in [-0.2, -0.15) is 0 Å². The Balaban J connectivity index is 3.08. The van der Waals surface area contributed by atoms with E-state index in [1.165, 1.54) is 0 Å². The summed E-state index contributed by atoms with van der Waals surface area (Å²) in [5.74, 6) is 0.890. The summed E-state index contributed by atoms with van der Waals surface area (Å²) >= 11 is 0. The molecule has 0 saturated carbocycles. The van der Waals surface area contributed by atoms with Gasteiger partial charge in [0.1, 0.15) is 5.82 Å². The number of aromatic nitrogens is 2. The number of hydrogen-bond acceptors (Lipinski definition) is 4. The van der Waals surface area contributed by atoms with Crippen LogP contribution >= 0.6 is 0 Å². The predicted molar refractivity (Wildman–Crippen MR) is 67.8 cm³/mol. The third-order valence-electron chi connectivity index (χ3n) is 2.39. The van der Waals surface area contributed by atoms with Gasteiger partial charge in [-0.3, -0.25) is 0 Å². The SMILES string of the molecule is Cc1nc(C(C)(C)C)nc(C)c1NCCN. The standard InChI is InChI=1S/C12H22N4/c1-8-10(14-7-6-13)9(2)16-11(15-8)12(3,4)5/h14H,6-7,13H2,1-5H3. The molecule has 4 nitrogen and oxygen atoms in total. The van der Waals surface area contributed by atoms with Gasteiger partial charge in [-0.05, 0) is 13.8 Å². The minimum Gasteiger partial charge on any atom is -0.381 e. The zero-order chi connectivity index (χ0) is 12.3. The lowest BCUT2D eigenvalue weighted by molar-refractivity contribution is 0.541. The molecule has 0 bridgehead atoms. The van der Waals surface area contributed by atoms with E-state index in [4.69, 9.17) is 5.73 Å². The topological polar surface area (TPSA) is 63.8 Å². The van der Waals surface area contributed by atoms with Crippen molar-refractivity contribution in [1.29, 1.82) is 0 Å². The summed E-state index contributed by atoms with van der Waals surface area (Å²) in [6.07, 6.45) is 0. The predicted octanol–water partition coefficient (Wildman–Crippen LogP) is 1.76. The van der Waals surface area contributed by atoms with Gasteiger partial charge in [0.25, 0.3) is 0 Å². The lowest BCUT2D eigenvalue weighted by atomic mass is 9.95. The molecule has 0 fully saturated rings. The molecule has 0 aliphatic heterocycles. The van der Waals surface area contributed by atoms with Crippen molar-refractivity contribution in [2.75, 3.05) is 18.4 Å².